The highest BCUT2D eigenvalue weighted by Crippen LogP contribution is 2.31. The highest BCUT2D eigenvalue weighted by atomic mass is 16.3. The van der Waals surface area contributed by atoms with E-state index in [0.29, 0.717) is 12.8 Å². The fraction of sp³-hybridized carbons (Fsp3) is 0.875. The summed E-state index contributed by atoms with van der Waals surface area (Å²) in [5.41, 5.74) is -0.511. The molecule has 3 aliphatic heterocycles. The molecule has 3 nitrogen and oxygen atoms in total. The first kappa shape index (κ1) is 7.10. The summed E-state index contributed by atoms with van der Waals surface area (Å²) in [4.78, 5) is 13.1. The normalized spacial score (nSPS) is 28.8. The second-order valence-electron chi connectivity index (χ2n) is 3.61. The van der Waals surface area contributed by atoms with Crippen LogP contribution in [0, 0.1) is 0 Å². The number of aliphatic hydroxyl groups is 1. The first-order chi connectivity index (χ1) is 5.20. The van der Waals surface area contributed by atoms with Crippen LogP contribution in [0.5, 0.6) is 0 Å². The average Bonchev–Trinajstić information content (AvgIpc) is 2.21. The molecular formula is C8H13NO2. The molecule has 3 rings (SSSR count). The van der Waals surface area contributed by atoms with Gasteiger partial charge in [-0.1, -0.05) is 0 Å². The summed E-state index contributed by atoms with van der Waals surface area (Å²) >= 11 is 0. The van der Waals surface area contributed by atoms with E-state index in [4.69, 9.17) is 0 Å². The van der Waals surface area contributed by atoms with Crippen molar-refractivity contribution in [1.29, 1.82) is 0 Å². The molecule has 0 aromatic heterocycles. The maximum absolute atomic E-state index is 11.2. The summed E-state index contributed by atoms with van der Waals surface area (Å²) in [6.45, 7) is 1.52. The van der Waals surface area contributed by atoms with Gasteiger partial charge in [0.05, 0.1) is 5.60 Å². The fourth-order valence-corrected chi connectivity index (χ4v) is 1.92. The highest BCUT2D eigenvalue weighted by molar-refractivity contribution is 5.77. The molecule has 0 spiro atoms. The van der Waals surface area contributed by atoms with Gasteiger partial charge in [0, 0.05) is 19.5 Å². The number of rotatable bonds is 0. The maximum atomic E-state index is 11.2. The van der Waals surface area contributed by atoms with Gasteiger partial charge in [-0.15, -0.1) is 0 Å². The van der Waals surface area contributed by atoms with Gasteiger partial charge in [-0.3, -0.25) is 4.79 Å². The minimum absolute atomic E-state index is 0.221. The lowest BCUT2D eigenvalue weighted by Gasteiger charge is -2.33. The average molecular weight is 155 g/mol. The van der Waals surface area contributed by atoms with Crippen LogP contribution in [0.2, 0.25) is 0 Å². The van der Waals surface area contributed by atoms with E-state index < -0.39 is 5.60 Å². The van der Waals surface area contributed by atoms with Crippen molar-refractivity contribution in [2.75, 3.05) is 13.1 Å². The lowest BCUT2D eigenvalue weighted by atomic mass is 9.90. The van der Waals surface area contributed by atoms with Gasteiger partial charge in [0.1, 0.15) is 0 Å². The van der Waals surface area contributed by atoms with Crippen molar-refractivity contribution in [3.8, 4) is 0 Å². The second-order valence-corrected chi connectivity index (χ2v) is 3.61. The standard InChI is InChI=1S/C8H13NO2/c10-7-1-2-8(11)3-5-9(7)6-4-8/h11H,1-6H2. The van der Waals surface area contributed by atoms with E-state index in [2.05, 4.69) is 0 Å². The third-order valence-electron chi connectivity index (χ3n) is 2.85. The molecule has 2 bridgehead atoms. The third-order valence-corrected chi connectivity index (χ3v) is 2.85. The third kappa shape index (κ3) is 1.13. The molecule has 1 amide bonds. The summed E-state index contributed by atoms with van der Waals surface area (Å²) in [6, 6.07) is 0. The van der Waals surface area contributed by atoms with Crippen molar-refractivity contribution in [3.63, 3.8) is 0 Å². The van der Waals surface area contributed by atoms with E-state index in [0.717, 1.165) is 25.9 Å². The molecule has 1 N–H and O–H groups in total. The molecule has 62 valence electrons. The molecule has 3 heteroatoms. The molecule has 3 heterocycles. The molecule has 0 aromatic rings. The molecule has 0 aliphatic carbocycles. The minimum Gasteiger partial charge on any atom is -0.390 e. The van der Waals surface area contributed by atoms with Gasteiger partial charge in [-0.25, -0.2) is 0 Å². The topological polar surface area (TPSA) is 40.5 Å². The van der Waals surface area contributed by atoms with Crippen molar-refractivity contribution in [3.05, 3.63) is 0 Å². The fourth-order valence-electron chi connectivity index (χ4n) is 1.92. The van der Waals surface area contributed by atoms with Crippen LogP contribution in [-0.4, -0.2) is 34.6 Å². The van der Waals surface area contributed by atoms with Gasteiger partial charge in [0.2, 0.25) is 5.91 Å². The number of carbonyl (C=O) groups excluding carboxylic acids is 1. The van der Waals surface area contributed by atoms with Crippen molar-refractivity contribution in [2.24, 2.45) is 0 Å². The lowest BCUT2D eigenvalue weighted by Crippen LogP contribution is -2.41. The molecule has 0 aromatic carbocycles. The van der Waals surface area contributed by atoms with Crippen molar-refractivity contribution < 1.29 is 9.90 Å². The van der Waals surface area contributed by atoms with Crippen LogP contribution in [0.1, 0.15) is 25.7 Å². The second kappa shape index (κ2) is 2.21. The number of piperidine rings is 1. The number of nitrogens with zero attached hydrogens (tertiary/aromatic N) is 1. The Kier molecular flexibility index (Phi) is 1.42. The van der Waals surface area contributed by atoms with Gasteiger partial charge < -0.3 is 10.0 Å². The van der Waals surface area contributed by atoms with E-state index in [1.54, 1.807) is 0 Å². The molecule has 0 radical (unpaired) electrons. The molecule has 3 aliphatic rings. The summed E-state index contributed by atoms with van der Waals surface area (Å²) in [5.74, 6) is 0.221. The van der Waals surface area contributed by atoms with Crippen LogP contribution in [0.25, 0.3) is 0 Å². The van der Waals surface area contributed by atoms with Crippen LogP contribution in [0.4, 0.5) is 0 Å². The summed E-state index contributed by atoms with van der Waals surface area (Å²) < 4.78 is 0. The van der Waals surface area contributed by atoms with E-state index in [1.807, 2.05) is 4.90 Å². The zero-order chi connectivity index (χ0) is 7.90. The monoisotopic (exact) mass is 155 g/mol. The number of carbonyl (C=O) groups is 1. The lowest BCUT2D eigenvalue weighted by molar-refractivity contribution is -0.130. The zero-order valence-electron chi connectivity index (χ0n) is 6.55. The SMILES string of the molecule is O=C1CCC2(O)CCN1CC2. The Morgan fingerprint density at radius 3 is 2.55 bits per heavy atom. The van der Waals surface area contributed by atoms with Crippen molar-refractivity contribution in [2.45, 2.75) is 31.3 Å². The summed E-state index contributed by atoms with van der Waals surface area (Å²) in [7, 11) is 0. The van der Waals surface area contributed by atoms with Gasteiger partial charge >= 0.3 is 0 Å². The predicted octanol–water partition coefficient (Wildman–Crippen LogP) is 0.134. The first-order valence-corrected chi connectivity index (χ1v) is 4.20. The van der Waals surface area contributed by atoms with Gasteiger partial charge in [0.25, 0.3) is 0 Å². The predicted molar refractivity (Wildman–Crippen MR) is 40.0 cm³/mol. The van der Waals surface area contributed by atoms with E-state index in [-0.39, 0.29) is 5.91 Å². The number of hydrogen-bond donors (Lipinski definition) is 1. The first-order valence-electron chi connectivity index (χ1n) is 4.20. The summed E-state index contributed by atoms with van der Waals surface area (Å²) in [6.07, 6.45) is 2.76. The zero-order valence-corrected chi connectivity index (χ0v) is 6.55. The number of amides is 1. The highest BCUT2D eigenvalue weighted by Gasteiger charge is 2.37. The van der Waals surface area contributed by atoms with Gasteiger partial charge in [0.15, 0.2) is 0 Å². The summed E-state index contributed by atoms with van der Waals surface area (Å²) in [5, 5.41) is 9.84. The Morgan fingerprint density at radius 2 is 1.91 bits per heavy atom. The maximum Gasteiger partial charge on any atom is 0.222 e. The van der Waals surface area contributed by atoms with Gasteiger partial charge in [-0.2, -0.15) is 0 Å². The van der Waals surface area contributed by atoms with Crippen molar-refractivity contribution in [1.82, 2.24) is 4.90 Å². The van der Waals surface area contributed by atoms with E-state index in [9.17, 15) is 9.90 Å². The molecule has 11 heavy (non-hydrogen) atoms. The largest absolute Gasteiger partial charge is 0.390 e. The molecule has 0 unspecified atom stereocenters. The quantitative estimate of drug-likeness (QED) is 0.540. The minimum atomic E-state index is -0.511. The Hall–Kier alpha value is -0.570. The van der Waals surface area contributed by atoms with E-state index >= 15 is 0 Å². The Balaban J connectivity index is 2.20. The van der Waals surface area contributed by atoms with Crippen molar-refractivity contribution >= 4 is 5.91 Å². The van der Waals surface area contributed by atoms with Crippen LogP contribution in [-0.2, 0) is 4.79 Å². The molecule has 3 fully saturated rings. The molecule has 3 saturated heterocycles. The Morgan fingerprint density at radius 1 is 1.27 bits per heavy atom. The van der Waals surface area contributed by atoms with Crippen LogP contribution in [0.3, 0.4) is 0 Å². The van der Waals surface area contributed by atoms with Crippen LogP contribution in [0.15, 0.2) is 0 Å². The molecule has 0 saturated carbocycles. The molecular weight excluding hydrogens is 142 g/mol. The van der Waals surface area contributed by atoms with Crippen LogP contribution < -0.4 is 0 Å². The van der Waals surface area contributed by atoms with Gasteiger partial charge in [-0.05, 0) is 19.3 Å². The van der Waals surface area contributed by atoms with Crippen LogP contribution >= 0.6 is 0 Å². The number of fused-ring (bicyclic) bond motifs is 4. The van der Waals surface area contributed by atoms with E-state index in [1.165, 1.54) is 0 Å². The smallest absolute Gasteiger partial charge is 0.222 e. The number of hydrogen-bond acceptors (Lipinski definition) is 2. The molecule has 0 atom stereocenters. The Labute approximate surface area is 66.0 Å². The Bertz CT molecular complexity index is 183.